The highest BCUT2D eigenvalue weighted by molar-refractivity contribution is 7.99. The molecular weight excluding hydrogens is 369 g/mol. The van der Waals surface area contributed by atoms with E-state index in [4.69, 9.17) is 11.6 Å². The van der Waals surface area contributed by atoms with Crippen LogP contribution in [0.25, 0.3) is 0 Å². The van der Waals surface area contributed by atoms with Crippen molar-refractivity contribution in [3.8, 4) is 0 Å². The Balaban J connectivity index is 0.00000208. The molecule has 2 heterocycles. The summed E-state index contributed by atoms with van der Waals surface area (Å²) in [5.74, 6) is 1.96. The van der Waals surface area contributed by atoms with Gasteiger partial charge in [-0.05, 0) is 17.7 Å². The number of hydrogen-bond acceptors (Lipinski definition) is 4. The quantitative estimate of drug-likeness (QED) is 0.853. The van der Waals surface area contributed by atoms with Gasteiger partial charge >= 0.3 is 0 Å². The number of nitrogens with zero attached hydrogens (tertiary/aromatic N) is 2. The van der Waals surface area contributed by atoms with E-state index in [-0.39, 0.29) is 30.3 Å². The van der Waals surface area contributed by atoms with Crippen molar-refractivity contribution in [1.29, 1.82) is 0 Å². The summed E-state index contributed by atoms with van der Waals surface area (Å²) in [7, 11) is 0. The molecule has 8 heteroatoms. The van der Waals surface area contributed by atoms with Crippen LogP contribution in [0.1, 0.15) is 5.56 Å². The molecule has 2 aliphatic rings. The van der Waals surface area contributed by atoms with Crippen molar-refractivity contribution in [1.82, 2.24) is 15.1 Å². The number of piperazine rings is 1. The lowest BCUT2D eigenvalue weighted by Crippen LogP contribution is -2.54. The maximum Gasteiger partial charge on any atom is 0.240 e. The third-order valence-electron chi connectivity index (χ3n) is 4.23. The lowest BCUT2D eigenvalue weighted by molar-refractivity contribution is -0.140. The highest BCUT2D eigenvalue weighted by atomic mass is 35.5. The molecule has 0 saturated carbocycles. The van der Waals surface area contributed by atoms with Crippen LogP contribution in [0.3, 0.4) is 0 Å². The Morgan fingerprint density at radius 2 is 1.75 bits per heavy atom. The molecule has 0 spiro atoms. The van der Waals surface area contributed by atoms with Crippen molar-refractivity contribution < 1.29 is 9.59 Å². The van der Waals surface area contributed by atoms with E-state index in [0.717, 1.165) is 17.2 Å². The van der Waals surface area contributed by atoms with Gasteiger partial charge in [0.25, 0.3) is 0 Å². The number of hydrogen-bond donors (Lipinski definition) is 1. The largest absolute Gasteiger partial charge is 0.339 e. The van der Waals surface area contributed by atoms with E-state index in [9.17, 15) is 9.59 Å². The molecule has 0 aliphatic carbocycles. The predicted octanol–water partition coefficient (Wildman–Crippen LogP) is 1.64. The van der Waals surface area contributed by atoms with Crippen LogP contribution in [0.5, 0.6) is 0 Å². The number of carbonyl (C=O) groups excluding carboxylic acids is 2. The van der Waals surface area contributed by atoms with Crippen molar-refractivity contribution in [3.05, 3.63) is 34.9 Å². The van der Waals surface area contributed by atoms with Gasteiger partial charge in [0.15, 0.2) is 0 Å². The van der Waals surface area contributed by atoms with E-state index < -0.39 is 0 Å². The molecule has 0 radical (unpaired) electrons. The highest BCUT2D eigenvalue weighted by Gasteiger charge is 2.30. The van der Waals surface area contributed by atoms with Crippen molar-refractivity contribution in [2.75, 3.05) is 37.8 Å². The number of benzene rings is 1. The molecule has 1 atom stereocenters. The fourth-order valence-corrected chi connectivity index (χ4v) is 3.90. The number of carbonyl (C=O) groups is 2. The van der Waals surface area contributed by atoms with Gasteiger partial charge in [-0.1, -0.05) is 23.7 Å². The minimum Gasteiger partial charge on any atom is -0.339 e. The van der Waals surface area contributed by atoms with E-state index in [1.165, 1.54) is 0 Å². The van der Waals surface area contributed by atoms with Crippen LogP contribution >= 0.6 is 35.8 Å². The van der Waals surface area contributed by atoms with E-state index in [0.29, 0.717) is 37.6 Å². The normalized spacial score (nSPS) is 20.6. The minimum absolute atomic E-state index is 0. The molecule has 1 unspecified atom stereocenters. The van der Waals surface area contributed by atoms with Gasteiger partial charge in [-0.15, -0.1) is 24.2 Å². The molecule has 2 fully saturated rings. The molecule has 1 aromatic rings. The highest BCUT2D eigenvalue weighted by Crippen LogP contribution is 2.15. The van der Waals surface area contributed by atoms with Gasteiger partial charge in [-0.3, -0.25) is 14.9 Å². The number of halogens is 2. The second-order valence-corrected chi connectivity index (χ2v) is 7.25. The van der Waals surface area contributed by atoms with Crippen LogP contribution in [0.4, 0.5) is 0 Å². The molecule has 2 aliphatic heterocycles. The van der Waals surface area contributed by atoms with Crippen molar-refractivity contribution in [2.24, 2.45) is 0 Å². The minimum atomic E-state index is -0.0590. The molecule has 0 bridgehead atoms. The zero-order chi connectivity index (χ0) is 16.2. The van der Waals surface area contributed by atoms with Crippen LogP contribution in [0.2, 0.25) is 5.02 Å². The summed E-state index contributed by atoms with van der Waals surface area (Å²) < 4.78 is 0. The van der Waals surface area contributed by atoms with E-state index in [2.05, 4.69) is 5.32 Å². The Labute approximate surface area is 157 Å². The molecule has 132 valence electrons. The summed E-state index contributed by atoms with van der Waals surface area (Å²) in [6, 6.07) is 7.30. The van der Waals surface area contributed by atoms with Crippen LogP contribution in [0, 0.1) is 0 Å². The van der Waals surface area contributed by atoms with Crippen LogP contribution < -0.4 is 5.32 Å². The van der Waals surface area contributed by atoms with Gasteiger partial charge in [0.05, 0.1) is 12.5 Å². The maximum atomic E-state index is 12.4. The molecule has 2 saturated heterocycles. The lowest BCUT2D eigenvalue weighted by atomic mass is 10.1. The molecule has 3 rings (SSSR count). The van der Waals surface area contributed by atoms with Gasteiger partial charge < -0.3 is 9.80 Å². The average molecular weight is 390 g/mol. The first-order valence-corrected chi connectivity index (χ1v) is 9.29. The Bertz CT molecular complexity index is 571. The summed E-state index contributed by atoms with van der Waals surface area (Å²) in [4.78, 5) is 28.4. The Morgan fingerprint density at radius 1 is 1.12 bits per heavy atom. The topological polar surface area (TPSA) is 52.7 Å². The number of amides is 2. The summed E-state index contributed by atoms with van der Waals surface area (Å²) in [6.45, 7) is 2.46. The van der Waals surface area contributed by atoms with Gasteiger partial charge in [0.1, 0.15) is 0 Å². The monoisotopic (exact) mass is 389 g/mol. The zero-order valence-corrected chi connectivity index (χ0v) is 15.6. The van der Waals surface area contributed by atoms with Crippen LogP contribution in [0.15, 0.2) is 24.3 Å². The Morgan fingerprint density at radius 3 is 2.33 bits per heavy atom. The molecule has 1 N–H and O–H groups in total. The first kappa shape index (κ1) is 19.4. The zero-order valence-electron chi connectivity index (χ0n) is 13.2. The molecule has 24 heavy (non-hydrogen) atoms. The van der Waals surface area contributed by atoms with Crippen LogP contribution in [-0.2, 0) is 16.0 Å². The van der Waals surface area contributed by atoms with E-state index in [1.807, 2.05) is 21.9 Å². The second kappa shape index (κ2) is 8.94. The molecule has 2 amide bonds. The summed E-state index contributed by atoms with van der Waals surface area (Å²) in [5, 5.41) is 3.88. The first-order chi connectivity index (χ1) is 11.1. The second-order valence-electron chi connectivity index (χ2n) is 5.78. The molecule has 1 aromatic carbocycles. The summed E-state index contributed by atoms with van der Waals surface area (Å²) in [6.07, 6.45) is 0.381. The molecule has 0 aromatic heterocycles. The van der Waals surface area contributed by atoms with E-state index in [1.54, 1.807) is 23.9 Å². The summed E-state index contributed by atoms with van der Waals surface area (Å²) in [5.41, 5.74) is 0.963. The van der Waals surface area contributed by atoms with Crippen LogP contribution in [-0.4, -0.2) is 65.5 Å². The Kier molecular flexibility index (Phi) is 7.22. The SMILES string of the molecule is Cl.O=C(Cc1ccc(Cl)cc1)N1CCN(C(=O)C2CSCN2)CC1. The average Bonchev–Trinajstić information content (AvgIpc) is 3.11. The van der Waals surface area contributed by atoms with Gasteiger partial charge in [0.2, 0.25) is 11.8 Å². The predicted molar refractivity (Wildman–Crippen MR) is 99.8 cm³/mol. The lowest BCUT2D eigenvalue weighted by Gasteiger charge is -2.36. The standard InChI is InChI=1S/C16H20ClN3O2S.ClH/c17-13-3-1-12(2-4-13)9-15(21)19-5-7-20(8-6-19)16(22)14-10-23-11-18-14;/h1-4,14,18H,5-11H2;1H. The summed E-state index contributed by atoms with van der Waals surface area (Å²) >= 11 is 7.61. The fourth-order valence-electron chi connectivity index (χ4n) is 2.84. The third kappa shape index (κ3) is 4.79. The van der Waals surface area contributed by atoms with Gasteiger partial charge in [-0.2, -0.15) is 0 Å². The van der Waals surface area contributed by atoms with Gasteiger partial charge in [0, 0.05) is 42.8 Å². The smallest absolute Gasteiger partial charge is 0.240 e. The Hall–Kier alpha value is -0.950. The number of rotatable bonds is 3. The molecule has 5 nitrogen and oxygen atoms in total. The van der Waals surface area contributed by atoms with Gasteiger partial charge in [-0.25, -0.2) is 0 Å². The van der Waals surface area contributed by atoms with Crippen molar-refractivity contribution in [3.63, 3.8) is 0 Å². The molecular formula is C16H21Cl2N3O2S. The maximum absolute atomic E-state index is 12.4. The first-order valence-electron chi connectivity index (χ1n) is 7.75. The third-order valence-corrected chi connectivity index (χ3v) is 5.42. The van der Waals surface area contributed by atoms with Crippen molar-refractivity contribution in [2.45, 2.75) is 12.5 Å². The fraction of sp³-hybridized carbons (Fsp3) is 0.500. The number of nitrogens with one attached hydrogen (secondary N) is 1. The number of thioether (sulfide) groups is 1. The van der Waals surface area contributed by atoms with E-state index >= 15 is 0 Å². The van der Waals surface area contributed by atoms with Crippen molar-refractivity contribution >= 4 is 47.6 Å².